The highest BCUT2D eigenvalue weighted by atomic mass is 16.3. The molecule has 0 aromatic carbocycles. The van der Waals surface area contributed by atoms with Crippen LogP contribution in [-0.2, 0) is 11.3 Å². The third kappa shape index (κ3) is 3.60. The first-order valence-corrected chi connectivity index (χ1v) is 6.82. The predicted molar refractivity (Wildman–Crippen MR) is 70.1 cm³/mol. The number of carbonyl (C=O) groups excluding carboxylic acids is 1. The highest BCUT2D eigenvalue weighted by molar-refractivity contribution is 5.78. The van der Waals surface area contributed by atoms with Crippen molar-refractivity contribution in [3.63, 3.8) is 0 Å². The minimum absolute atomic E-state index is 0.0896. The van der Waals surface area contributed by atoms with E-state index in [9.17, 15) is 4.79 Å². The van der Waals surface area contributed by atoms with E-state index in [4.69, 9.17) is 4.42 Å². The summed E-state index contributed by atoms with van der Waals surface area (Å²) in [7, 11) is 0. The average molecular weight is 250 g/mol. The Morgan fingerprint density at radius 3 is 3.17 bits per heavy atom. The molecule has 1 aliphatic heterocycles. The van der Waals surface area contributed by atoms with Crippen molar-refractivity contribution < 1.29 is 9.21 Å². The normalized spacial score (nSPS) is 20.8. The third-order valence-corrected chi connectivity index (χ3v) is 3.61. The van der Waals surface area contributed by atoms with Crippen LogP contribution in [0.1, 0.15) is 38.4 Å². The number of hydrogen-bond donors (Lipinski definition) is 1. The third-order valence-electron chi connectivity index (χ3n) is 3.61. The standard InChI is InChI=1S/C14H22N2O2/c1-2-12-6-3-4-8-16(12)11-14(17)15-10-13-7-5-9-18-13/h5,7,9,12H,2-4,6,8,10-11H2,1H3,(H,15,17). The van der Waals surface area contributed by atoms with E-state index in [1.807, 2.05) is 12.1 Å². The summed E-state index contributed by atoms with van der Waals surface area (Å²) >= 11 is 0. The second-order valence-electron chi connectivity index (χ2n) is 4.88. The maximum absolute atomic E-state index is 11.9. The number of carbonyl (C=O) groups is 1. The van der Waals surface area contributed by atoms with Crippen LogP contribution in [0.2, 0.25) is 0 Å². The lowest BCUT2D eigenvalue weighted by atomic mass is 10.0. The van der Waals surface area contributed by atoms with Crippen LogP contribution in [0.5, 0.6) is 0 Å². The van der Waals surface area contributed by atoms with Crippen LogP contribution in [0.3, 0.4) is 0 Å². The van der Waals surface area contributed by atoms with Crippen LogP contribution in [0.15, 0.2) is 22.8 Å². The molecule has 2 rings (SSSR count). The second-order valence-corrected chi connectivity index (χ2v) is 4.88. The van der Waals surface area contributed by atoms with E-state index in [0.29, 0.717) is 19.1 Å². The van der Waals surface area contributed by atoms with E-state index >= 15 is 0 Å². The fourth-order valence-electron chi connectivity index (χ4n) is 2.57. The van der Waals surface area contributed by atoms with Gasteiger partial charge in [-0.3, -0.25) is 9.69 Å². The molecule has 0 saturated carbocycles. The predicted octanol–water partition coefficient (Wildman–Crippen LogP) is 2.16. The van der Waals surface area contributed by atoms with E-state index < -0.39 is 0 Å². The molecular formula is C14H22N2O2. The number of hydrogen-bond acceptors (Lipinski definition) is 3. The monoisotopic (exact) mass is 250 g/mol. The highest BCUT2D eigenvalue weighted by Crippen LogP contribution is 2.18. The maximum Gasteiger partial charge on any atom is 0.234 e. The van der Waals surface area contributed by atoms with E-state index in [1.54, 1.807) is 6.26 Å². The molecule has 1 saturated heterocycles. The Morgan fingerprint density at radius 1 is 1.56 bits per heavy atom. The molecule has 1 aromatic rings. The fraction of sp³-hybridized carbons (Fsp3) is 0.643. The number of furan rings is 1. The first-order valence-electron chi connectivity index (χ1n) is 6.82. The van der Waals surface area contributed by atoms with Crippen LogP contribution >= 0.6 is 0 Å². The van der Waals surface area contributed by atoms with Gasteiger partial charge in [-0.2, -0.15) is 0 Å². The summed E-state index contributed by atoms with van der Waals surface area (Å²) in [6, 6.07) is 4.28. The molecule has 1 atom stereocenters. The van der Waals surface area contributed by atoms with Gasteiger partial charge < -0.3 is 9.73 Å². The molecule has 0 bridgehead atoms. The lowest BCUT2D eigenvalue weighted by molar-refractivity contribution is -0.123. The Labute approximate surface area is 108 Å². The number of piperidine rings is 1. The quantitative estimate of drug-likeness (QED) is 0.871. The van der Waals surface area contributed by atoms with Gasteiger partial charge in [0.05, 0.1) is 19.4 Å². The summed E-state index contributed by atoms with van der Waals surface area (Å²) in [4.78, 5) is 14.2. The number of nitrogens with one attached hydrogen (secondary N) is 1. The first-order chi connectivity index (χ1) is 8.79. The number of amides is 1. The van der Waals surface area contributed by atoms with Crippen molar-refractivity contribution >= 4 is 5.91 Å². The zero-order chi connectivity index (χ0) is 12.8. The van der Waals surface area contributed by atoms with Gasteiger partial charge >= 0.3 is 0 Å². The van der Waals surface area contributed by atoms with Crippen LogP contribution < -0.4 is 5.32 Å². The molecule has 1 fully saturated rings. The van der Waals surface area contributed by atoms with E-state index in [2.05, 4.69) is 17.1 Å². The second kappa shape index (κ2) is 6.59. The minimum Gasteiger partial charge on any atom is -0.467 e. The molecule has 1 amide bonds. The van der Waals surface area contributed by atoms with Crippen molar-refractivity contribution in [1.82, 2.24) is 10.2 Å². The molecule has 18 heavy (non-hydrogen) atoms. The smallest absolute Gasteiger partial charge is 0.234 e. The van der Waals surface area contributed by atoms with E-state index in [0.717, 1.165) is 18.7 Å². The van der Waals surface area contributed by atoms with Crippen LogP contribution in [0.4, 0.5) is 0 Å². The van der Waals surface area contributed by atoms with Gasteiger partial charge in [0.1, 0.15) is 5.76 Å². The number of rotatable bonds is 5. The Morgan fingerprint density at radius 2 is 2.44 bits per heavy atom. The maximum atomic E-state index is 11.9. The molecule has 4 heteroatoms. The summed E-state index contributed by atoms with van der Waals surface area (Å²) in [5.74, 6) is 0.890. The Hall–Kier alpha value is -1.29. The number of likely N-dealkylation sites (tertiary alicyclic amines) is 1. The van der Waals surface area contributed by atoms with Crippen molar-refractivity contribution in [3.05, 3.63) is 24.2 Å². The van der Waals surface area contributed by atoms with Crippen molar-refractivity contribution in [3.8, 4) is 0 Å². The van der Waals surface area contributed by atoms with Gasteiger partial charge in [-0.1, -0.05) is 13.3 Å². The van der Waals surface area contributed by atoms with Crippen LogP contribution in [0.25, 0.3) is 0 Å². The van der Waals surface area contributed by atoms with Crippen molar-refractivity contribution in [1.29, 1.82) is 0 Å². The molecule has 4 nitrogen and oxygen atoms in total. The van der Waals surface area contributed by atoms with E-state index in [-0.39, 0.29) is 5.91 Å². The SMILES string of the molecule is CCC1CCCCN1CC(=O)NCc1ccco1. The van der Waals surface area contributed by atoms with E-state index in [1.165, 1.54) is 19.3 Å². The Balaban J connectivity index is 1.75. The van der Waals surface area contributed by atoms with Gasteiger partial charge in [0, 0.05) is 6.04 Å². The summed E-state index contributed by atoms with van der Waals surface area (Å²) < 4.78 is 5.19. The largest absolute Gasteiger partial charge is 0.467 e. The van der Waals surface area contributed by atoms with Crippen molar-refractivity contribution in [2.75, 3.05) is 13.1 Å². The molecular weight excluding hydrogens is 228 g/mol. The molecule has 1 unspecified atom stereocenters. The van der Waals surface area contributed by atoms with Gasteiger partial charge in [0.15, 0.2) is 0 Å². The van der Waals surface area contributed by atoms with Crippen LogP contribution in [0, 0.1) is 0 Å². The molecule has 0 spiro atoms. The first kappa shape index (κ1) is 13.1. The Kier molecular flexibility index (Phi) is 4.81. The molecule has 1 aromatic heterocycles. The Bertz CT molecular complexity index is 362. The van der Waals surface area contributed by atoms with Gasteiger partial charge in [-0.15, -0.1) is 0 Å². The molecule has 0 radical (unpaired) electrons. The molecule has 2 heterocycles. The summed E-state index contributed by atoms with van der Waals surface area (Å²) in [6.45, 7) is 4.24. The lowest BCUT2D eigenvalue weighted by Crippen LogP contribution is -2.45. The summed E-state index contributed by atoms with van der Waals surface area (Å²) in [5.41, 5.74) is 0. The van der Waals surface area contributed by atoms with Crippen LogP contribution in [-0.4, -0.2) is 29.9 Å². The number of nitrogens with zero attached hydrogens (tertiary/aromatic N) is 1. The van der Waals surface area contributed by atoms with Gasteiger partial charge in [0.2, 0.25) is 5.91 Å². The molecule has 1 N–H and O–H groups in total. The summed E-state index contributed by atoms with van der Waals surface area (Å²) in [5, 5.41) is 2.90. The van der Waals surface area contributed by atoms with Gasteiger partial charge in [-0.05, 0) is 37.9 Å². The highest BCUT2D eigenvalue weighted by Gasteiger charge is 2.22. The molecule has 0 aliphatic carbocycles. The molecule has 100 valence electrons. The van der Waals surface area contributed by atoms with Crippen molar-refractivity contribution in [2.45, 2.75) is 45.2 Å². The summed E-state index contributed by atoms with van der Waals surface area (Å²) in [6.07, 6.45) is 6.48. The zero-order valence-electron chi connectivity index (χ0n) is 11.0. The molecule has 1 aliphatic rings. The minimum atomic E-state index is 0.0896. The zero-order valence-corrected chi connectivity index (χ0v) is 11.0. The average Bonchev–Trinajstić information content (AvgIpc) is 2.90. The lowest BCUT2D eigenvalue weighted by Gasteiger charge is -2.34. The van der Waals surface area contributed by atoms with Gasteiger partial charge in [-0.25, -0.2) is 0 Å². The topological polar surface area (TPSA) is 45.5 Å². The van der Waals surface area contributed by atoms with Crippen molar-refractivity contribution in [2.24, 2.45) is 0 Å². The fourth-order valence-corrected chi connectivity index (χ4v) is 2.57. The van der Waals surface area contributed by atoms with Gasteiger partial charge in [0.25, 0.3) is 0 Å².